The Balaban J connectivity index is 1.76. The van der Waals surface area contributed by atoms with Crippen LogP contribution >= 0.6 is 46.3 Å². The zero-order valence-corrected chi connectivity index (χ0v) is 18.9. The van der Waals surface area contributed by atoms with E-state index in [1.807, 2.05) is 5.38 Å². The summed E-state index contributed by atoms with van der Waals surface area (Å²) in [6, 6.07) is 6.49. The number of ketones is 1. The van der Waals surface area contributed by atoms with Gasteiger partial charge in [0.2, 0.25) is 0 Å². The van der Waals surface area contributed by atoms with E-state index in [1.165, 1.54) is 29.2 Å². The molecule has 10 heteroatoms. The Kier molecular flexibility index (Phi) is 7.93. The highest BCUT2D eigenvalue weighted by Crippen LogP contribution is 2.25. The van der Waals surface area contributed by atoms with Crippen molar-refractivity contribution in [3.63, 3.8) is 0 Å². The molecule has 0 amide bonds. The number of hydrogen-bond donors (Lipinski definition) is 1. The molecule has 2 aromatic heterocycles. The molecule has 0 bridgehead atoms. The molecule has 1 N–H and O–H groups in total. The number of carboxylic acid groups (broad SMARTS) is 1. The van der Waals surface area contributed by atoms with Crippen LogP contribution in [-0.2, 0) is 11.3 Å². The molecular weight excluding hydrogens is 467 g/mol. The fourth-order valence-electron chi connectivity index (χ4n) is 2.84. The van der Waals surface area contributed by atoms with E-state index < -0.39 is 5.97 Å². The van der Waals surface area contributed by atoms with Crippen molar-refractivity contribution < 1.29 is 14.7 Å². The highest BCUT2D eigenvalue weighted by Gasteiger charge is 2.15. The lowest BCUT2D eigenvalue weighted by atomic mass is 10.1. The minimum atomic E-state index is -0.828. The van der Waals surface area contributed by atoms with Gasteiger partial charge in [-0.2, -0.15) is 0 Å². The molecule has 3 rings (SSSR count). The molecule has 0 aliphatic heterocycles. The molecule has 6 nitrogen and oxygen atoms in total. The lowest BCUT2D eigenvalue weighted by Crippen LogP contribution is -2.23. The number of carboxylic acids is 1. The summed E-state index contributed by atoms with van der Waals surface area (Å²) in [4.78, 5) is 40.7. The molecule has 0 spiro atoms. The standard InChI is InChI=1S/C20H18Cl2N2O4S2/c21-13-6-5-12(10-14(13)22)16(25)11-30-20-23-15-7-9-29-18(15)19(28)24(20)8-3-1-2-4-17(26)27/h5-7,9-10H,1-4,8,11H2,(H,26,27). The monoisotopic (exact) mass is 484 g/mol. The molecule has 0 atom stereocenters. The smallest absolute Gasteiger partial charge is 0.303 e. The average Bonchev–Trinajstić information content (AvgIpc) is 3.18. The summed E-state index contributed by atoms with van der Waals surface area (Å²) in [5.74, 6) is -0.879. The second kappa shape index (κ2) is 10.4. The predicted molar refractivity (Wildman–Crippen MR) is 122 cm³/mol. The third kappa shape index (κ3) is 5.63. The molecule has 0 saturated carbocycles. The Labute approximate surface area is 190 Å². The summed E-state index contributed by atoms with van der Waals surface area (Å²) >= 11 is 14.4. The maximum atomic E-state index is 12.9. The normalized spacial score (nSPS) is 11.1. The van der Waals surface area contributed by atoms with Crippen molar-refractivity contribution in [1.82, 2.24) is 9.55 Å². The quantitative estimate of drug-likeness (QED) is 0.179. The van der Waals surface area contributed by atoms with Crippen molar-refractivity contribution in [2.24, 2.45) is 0 Å². The number of carbonyl (C=O) groups is 2. The van der Waals surface area contributed by atoms with Crippen LogP contribution in [0.3, 0.4) is 0 Å². The van der Waals surface area contributed by atoms with Crippen LogP contribution in [0.5, 0.6) is 0 Å². The third-order valence-electron chi connectivity index (χ3n) is 4.38. The van der Waals surface area contributed by atoms with E-state index in [4.69, 9.17) is 28.3 Å². The van der Waals surface area contributed by atoms with E-state index in [2.05, 4.69) is 4.98 Å². The first kappa shape index (κ1) is 22.8. The van der Waals surface area contributed by atoms with Gasteiger partial charge in [-0.15, -0.1) is 11.3 Å². The fourth-order valence-corrected chi connectivity index (χ4v) is 4.83. The van der Waals surface area contributed by atoms with Gasteiger partial charge in [0.05, 0.1) is 21.3 Å². The average molecular weight is 485 g/mol. The van der Waals surface area contributed by atoms with Gasteiger partial charge in [0, 0.05) is 18.5 Å². The first-order valence-electron chi connectivity index (χ1n) is 9.17. The van der Waals surface area contributed by atoms with Crippen molar-refractivity contribution in [3.8, 4) is 0 Å². The number of benzene rings is 1. The lowest BCUT2D eigenvalue weighted by molar-refractivity contribution is -0.137. The number of nitrogens with zero attached hydrogens (tertiary/aromatic N) is 2. The first-order valence-corrected chi connectivity index (χ1v) is 11.8. The highest BCUT2D eigenvalue weighted by atomic mass is 35.5. The van der Waals surface area contributed by atoms with E-state index in [1.54, 1.807) is 22.8 Å². The van der Waals surface area contributed by atoms with Gasteiger partial charge in [0.1, 0.15) is 4.70 Å². The largest absolute Gasteiger partial charge is 0.481 e. The summed E-state index contributed by atoms with van der Waals surface area (Å²) in [5.41, 5.74) is 0.908. The fraction of sp³-hybridized carbons (Fsp3) is 0.300. The number of rotatable bonds is 10. The Morgan fingerprint density at radius 3 is 2.67 bits per heavy atom. The highest BCUT2D eigenvalue weighted by molar-refractivity contribution is 7.99. The van der Waals surface area contributed by atoms with Crippen LogP contribution in [0.2, 0.25) is 10.0 Å². The molecule has 3 aromatic rings. The van der Waals surface area contributed by atoms with Crippen LogP contribution in [0.15, 0.2) is 39.6 Å². The number of thiophene rings is 1. The summed E-state index contributed by atoms with van der Waals surface area (Å²) in [6.07, 6.45) is 2.00. The minimum Gasteiger partial charge on any atom is -0.481 e. The maximum absolute atomic E-state index is 12.9. The lowest BCUT2D eigenvalue weighted by Gasteiger charge is -2.12. The van der Waals surface area contributed by atoms with Crippen molar-refractivity contribution in [2.75, 3.05) is 5.75 Å². The Hall–Kier alpha value is -1.87. The van der Waals surface area contributed by atoms with Crippen LogP contribution in [0, 0.1) is 0 Å². The predicted octanol–water partition coefficient (Wildman–Crippen LogP) is 5.38. The number of carbonyl (C=O) groups excluding carboxylic acids is 1. The molecule has 0 aliphatic carbocycles. The van der Waals surface area contributed by atoms with Gasteiger partial charge in [-0.25, -0.2) is 4.98 Å². The zero-order valence-electron chi connectivity index (χ0n) is 15.8. The van der Waals surface area contributed by atoms with Crippen molar-refractivity contribution in [2.45, 2.75) is 37.4 Å². The molecule has 1 aromatic carbocycles. The van der Waals surface area contributed by atoms with Crippen molar-refractivity contribution in [3.05, 3.63) is 55.6 Å². The maximum Gasteiger partial charge on any atom is 0.303 e. The van der Waals surface area contributed by atoms with Gasteiger partial charge in [0.25, 0.3) is 5.56 Å². The molecule has 0 saturated heterocycles. The number of Topliss-reactive ketones (excluding diaryl/α,β-unsaturated/α-hetero) is 1. The van der Waals surface area contributed by atoms with E-state index >= 15 is 0 Å². The zero-order chi connectivity index (χ0) is 21.7. The summed E-state index contributed by atoms with van der Waals surface area (Å²) in [7, 11) is 0. The van der Waals surface area contributed by atoms with Gasteiger partial charge < -0.3 is 5.11 Å². The van der Waals surface area contributed by atoms with Crippen molar-refractivity contribution in [1.29, 1.82) is 0 Å². The molecule has 0 aliphatic rings. The molecule has 30 heavy (non-hydrogen) atoms. The first-order chi connectivity index (χ1) is 14.4. The van der Waals surface area contributed by atoms with Gasteiger partial charge >= 0.3 is 5.97 Å². The Morgan fingerprint density at radius 2 is 1.93 bits per heavy atom. The topological polar surface area (TPSA) is 89.3 Å². The molecule has 0 radical (unpaired) electrons. The number of halogens is 2. The molecule has 0 unspecified atom stereocenters. The number of thioether (sulfide) groups is 1. The second-order valence-corrected chi connectivity index (χ2v) is 9.20. The van der Waals surface area contributed by atoms with E-state index in [-0.39, 0.29) is 23.5 Å². The van der Waals surface area contributed by atoms with Crippen LogP contribution in [0.25, 0.3) is 10.2 Å². The van der Waals surface area contributed by atoms with Gasteiger partial charge in [-0.05, 0) is 42.5 Å². The van der Waals surface area contributed by atoms with E-state index in [0.717, 1.165) is 0 Å². The minimum absolute atomic E-state index is 0.0963. The second-order valence-electron chi connectivity index (χ2n) is 6.53. The van der Waals surface area contributed by atoms with Gasteiger partial charge in [-0.3, -0.25) is 19.0 Å². The molecule has 0 fully saturated rings. The van der Waals surface area contributed by atoms with Crippen LogP contribution in [-0.4, -0.2) is 32.2 Å². The van der Waals surface area contributed by atoms with E-state index in [9.17, 15) is 14.4 Å². The molecule has 158 valence electrons. The summed E-state index contributed by atoms with van der Waals surface area (Å²) in [6.45, 7) is 0.419. The molecule has 2 heterocycles. The SMILES string of the molecule is O=C(O)CCCCCn1c(SCC(=O)c2ccc(Cl)c(Cl)c2)nc2ccsc2c1=O. The van der Waals surface area contributed by atoms with Crippen LogP contribution in [0.1, 0.15) is 36.0 Å². The summed E-state index contributed by atoms with van der Waals surface area (Å²) in [5, 5.41) is 11.7. The Morgan fingerprint density at radius 1 is 1.13 bits per heavy atom. The molecular formula is C20H18Cl2N2O4S2. The number of aromatic nitrogens is 2. The number of hydrogen-bond acceptors (Lipinski definition) is 6. The number of fused-ring (bicyclic) bond motifs is 1. The van der Waals surface area contributed by atoms with Crippen molar-refractivity contribution >= 4 is 68.3 Å². The van der Waals surface area contributed by atoms with Gasteiger partial charge in [-0.1, -0.05) is 41.4 Å². The van der Waals surface area contributed by atoms with Gasteiger partial charge in [0.15, 0.2) is 10.9 Å². The third-order valence-corrected chi connectivity index (χ3v) is 6.98. The number of aliphatic carboxylic acids is 1. The van der Waals surface area contributed by atoms with Crippen LogP contribution < -0.4 is 5.56 Å². The summed E-state index contributed by atoms with van der Waals surface area (Å²) < 4.78 is 2.15. The van der Waals surface area contributed by atoms with E-state index in [0.29, 0.717) is 56.8 Å². The number of unbranched alkanes of at least 4 members (excludes halogenated alkanes) is 2. The Bertz CT molecular complexity index is 1140. The van der Waals surface area contributed by atoms with Crippen LogP contribution in [0.4, 0.5) is 0 Å².